The maximum atomic E-state index is 12.4. The van der Waals surface area contributed by atoms with Gasteiger partial charge in [-0.15, -0.1) is 0 Å². The molecule has 0 spiro atoms. The zero-order valence-corrected chi connectivity index (χ0v) is 15.1. The number of pyridine rings is 1. The van der Waals surface area contributed by atoms with Crippen molar-refractivity contribution < 1.29 is 9.59 Å². The molecule has 24 heavy (non-hydrogen) atoms. The van der Waals surface area contributed by atoms with Gasteiger partial charge in [-0.3, -0.25) is 14.3 Å². The fourth-order valence-electron chi connectivity index (χ4n) is 2.77. The molecule has 0 bridgehead atoms. The number of hydrogen-bond acceptors (Lipinski definition) is 4. The molecule has 0 aromatic carbocycles. The van der Waals surface area contributed by atoms with Crippen LogP contribution in [-0.2, 0) is 13.5 Å². The molecule has 0 atom stereocenters. The second-order valence-electron chi connectivity index (χ2n) is 6.63. The summed E-state index contributed by atoms with van der Waals surface area (Å²) >= 11 is 0. The minimum atomic E-state index is -0.0446. The number of rotatable bonds is 7. The number of nitrogens with zero attached hydrogens (tertiary/aromatic N) is 3. The molecule has 5 heteroatoms. The third-order valence-electron chi connectivity index (χ3n) is 4.18. The normalized spacial score (nSPS) is 11.1. The predicted octanol–water partition coefficient (Wildman–Crippen LogP) is 3.48. The van der Waals surface area contributed by atoms with Crippen molar-refractivity contribution in [3.63, 3.8) is 0 Å². The summed E-state index contributed by atoms with van der Waals surface area (Å²) in [6.45, 7) is 7.94. The van der Waals surface area contributed by atoms with E-state index in [1.54, 1.807) is 18.2 Å². The fraction of sp³-hybridized carbons (Fsp3) is 0.474. The molecule has 0 amide bonds. The molecule has 0 radical (unpaired) electrons. The van der Waals surface area contributed by atoms with Gasteiger partial charge in [0.05, 0.1) is 5.69 Å². The van der Waals surface area contributed by atoms with Gasteiger partial charge in [-0.1, -0.05) is 19.9 Å². The van der Waals surface area contributed by atoms with Crippen LogP contribution in [0.3, 0.4) is 0 Å². The minimum absolute atomic E-state index is 0.0152. The maximum absolute atomic E-state index is 12.4. The molecule has 2 heterocycles. The van der Waals surface area contributed by atoms with Crippen molar-refractivity contribution in [3.8, 4) is 0 Å². The van der Waals surface area contributed by atoms with Crippen molar-refractivity contribution in [3.05, 3.63) is 46.5 Å². The quantitative estimate of drug-likeness (QED) is 0.730. The van der Waals surface area contributed by atoms with E-state index in [0.717, 1.165) is 17.0 Å². The summed E-state index contributed by atoms with van der Waals surface area (Å²) in [6.07, 6.45) is 1.44. The summed E-state index contributed by atoms with van der Waals surface area (Å²) in [7, 11) is 1.90. The van der Waals surface area contributed by atoms with E-state index in [1.165, 1.54) is 0 Å². The summed E-state index contributed by atoms with van der Waals surface area (Å²) in [5, 5.41) is 4.37. The molecule has 0 unspecified atom stereocenters. The van der Waals surface area contributed by atoms with E-state index in [9.17, 15) is 9.59 Å². The number of Topliss-reactive ketones (excluding diaryl/α,β-unsaturated/α-hetero) is 2. The van der Waals surface area contributed by atoms with Gasteiger partial charge in [-0.2, -0.15) is 5.10 Å². The standard InChI is InChI=1S/C19H25N3O2/c1-12(2)11-19(24)17-8-6-7-16(20-17)18(23)10-9-15-13(3)21-22(5)14(15)4/h6-8,12H,9-11H2,1-5H3. The largest absolute Gasteiger partial charge is 0.292 e. The second kappa shape index (κ2) is 7.51. The zero-order valence-electron chi connectivity index (χ0n) is 15.1. The van der Waals surface area contributed by atoms with Crippen molar-refractivity contribution in [1.29, 1.82) is 0 Å². The Morgan fingerprint density at radius 3 is 2.29 bits per heavy atom. The van der Waals surface area contributed by atoms with Gasteiger partial charge in [0.15, 0.2) is 11.6 Å². The van der Waals surface area contributed by atoms with E-state index in [0.29, 0.717) is 30.7 Å². The number of carbonyl (C=O) groups excluding carboxylic acids is 2. The van der Waals surface area contributed by atoms with Crippen LogP contribution in [0.1, 0.15) is 64.6 Å². The Hall–Kier alpha value is -2.30. The van der Waals surface area contributed by atoms with Gasteiger partial charge in [0.25, 0.3) is 0 Å². The van der Waals surface area contributed by atoms with Crippen molar-refractivity contribution in [2.75, 3.05) is 0 Å². The average Bonchev–Trinajstić information content (AvgIpc) is 2.77. The lowest BCUT2D eigenvalue weighted by atomic mass is 10.0. The molecule has 2 aromatic rings. The molecule has 5 nitrogen and oxygen atoms in total. The highest BCUT2D eigenvalue weighted by Crippen LogP contribution is 2.16. The van der Waals surface area contributed by atoms with E-state index in [-0.39, 0.29) is 17.5 Å². The zero-order chi connectivity index (χ0) is 17.9. The van der Waals surface area contributed by atoms with Crippen LogP contribution in [0.2, 0.25) is 0 Å². The van der Waals surface area contributed by atoms with E-state index >= 15 is 0 Å². The van der Waals surface area contributed by atoms with Crippen molar-refractivity contribution in [2.24, 2.45) is 13.0 Å². The Bertz CT molecular complexity index is 760. The molecule has 2 aromatic heterocycles. The molecular formula is C19H25N3O2. The summed E-state index contributed by atoms with van der Waals surface area (Å²) in [5.41, 5.74) is 3.88. The summed E-state index contributed by atoms with van der Waals surface area (Å²) < 4.78 is 1.83. The number of carbonyl (C=O) groups is 2. The van der Waals surface area contributed by atoms with Crippen LogP contribution < -0.4 is 0 Å². The minimum Gasteiger partial charge on any atom is -0.292 e. The molecule has 0 fully saturated rings. The number of aryl methyl sites for hydroxylation is 2. The van der Waals surface area contributed by atoms with Crippen molar-refractivity contribution in [1.82, 2.24) is 14.8 Å². The van der Waals surface area contributed by atoms with Crippen molar-refractivity contribution in [2.45, 2.75) is 47.0 Å². The highest BCUT2D eigenvalue weighted by atomic mass is 16.1. The summed E-state index contributed by atoms with van der Waals surface area (Å²) in [6, 6.07) is 5.09. The van der Waals surface area contributed by atoms with Gasteiger partial charge in [-0.05, 0) is 43.9 Å². The fourth-order valence-corrected chi connectivity index (χ4v) is 2.77. The van der Waals surface area contributed by atoms with Crippen molar-refractivity contribution >= 4 is 11.6 Å². The molecule has 0 saturated carbocycles. The van der Waals surface area contributed by atoms with Crippen LogP contribution in [0.25, 0.3) is 0 Å². The van der Waals surface area contributed by atoms with E-state index < -0.39 is 0 Å². The first-order valence-corrected chi connectivity index (χ1v) is 8.32. The van der Waals surface area contributed by atoms with Gasteiger partial charge < -0.3 is 0 Å². The molecule has 0 aliphatic rings. The van der Waals surface area contributed by atoms with E-state index in [1.807, 2.05) is 39.4 Å². The van der Waals surface area contributed by atoms with Crippen LogP contribution in [0.15, 0.2) is 18.2 Å². The third kappa shape index (κ3) is 4.16. The second-order valence-corrected chi connectivity index (χ2v) is 6.63. The van der Waals surface area contributed by atoms with Crippen LogP contribution >= 0.6 is 0 Å². The van der Waals surface area contributed by atoms with Gasteiger partial charge in [0.1, 0.15) is 11.4 Å². The monoisotopic (exact) mass is 327 g/mol. The van der Waals surface area contributed by atoms with Gasteiger partial charge in [0.2, 0.25) is 0 Å². The predicted molar refractivity (Wildman–Crippen MR) is 93.4 cm³/mol. The van der Waals surface area contributed by atoms with E-state index in [2.05, 4.69) is 10.1 Å². The Kier molecular flexibility index (Phi) is 5.65. The lowest BCUT2D eigenvalue weighted by Gasteiger charge is -2.06. The summed E-state index contributed by atoms with van der Waals surface area (Å²) in [5.74, 6) is 0.214. The molecular weight excluding hydrogens is 302 g/mol. The Morgan fingerprint density at radius 2 is 1.75 bits per heavy atom. The first-order chi connectivity index (χ1) is 11.3. The lowest BCUT2D eigenvalue weighted by molar-refractivity contribution is 0.0962. The number of ketones is 2. The molecule has 2 rings (SSSR count). The SMILES string of the molecule is Cc1nn(C)c(C)c1CCC(=O)c1cccc(C(=O)CC(C)C)n1. The molecule has 0 N–H and O–H groups in total. The number of hydrogen-bond donors (Lipinski definition) is 0. The molecule has 0 saturated heterocycles. The van der Waals surface area contributed by atoms with Gasteiger partial charge >= 0.3 is 0 Å². The first-order valence-electron chi connectivity index (χ1n) is 8.32. The molecule has 128 valence electrons. The number of aromatic nitrogens is 3. The highest BCUT2D eigenvalue weighted by Gasteiger charge is 2.15. The van der Waals surface area contributed by atoms with Crippen LogP contribution in [-0.4, -0.2) is 26.3 Å². The Balaban J connectivity index is 2.09. The maximum Gasteiger partial charge on any atom is 0.181 e. The lowest BCUT2D eigenvalue weighted by Crippen LogP contribution is -2.10. The van der Waals surface area contributed by atoms with Gasteiger partial charge in [-0.25, -0.2) is 4.98 Å². The van der Waals surface area contributed by atoms with Gasteiger partial charge in [0, 0.05) is 25.6 Å². The Labute approximate surface area is 143 Å². The van der Waals surface area contributed by atoms with Crippen LogP contribution in [0.4, 0.5) is 0 Å². The average molecular weight is 327 g/mol. The van der Waals surface area contributed by atoms with Crippen LogP contribution in [0.5, 0.6) is 0 Å². The topological polar surface area (TPSA) is 64.8 Å². The highest BCUT2D eigenvalue weighted by molar-refractivity contribution is 5.98. The van der Waals surface area contributed by atoms with Crippen LogP contribution in [0, 0.1) is 19.8 Å². The Morgan fingerprint density at radius 1 is 1.12 bits per heavy atom. The molecule has 0 aliphatic carbocycles. The molecule has 0 aliphatic heterocycles. The first kappa shape index (κ1) is 18.0. The summed E-state index contributed by atoms with van der Waals surface area (Å²) in [4.78, 5) is 28.8. The third-order valence-corrected chi connectivity index (χ3v) is 4.18. The smallest absolute Gasteiger partial charge is 0.181 e. The van der Waals surface area contributed by atoms with E-state index in [4.69, 9.17) is 0 Å².